The molecule has 2 atom stereocenters. The van der Waals surface area contributed by atoms with Crippen molar-refractivity contribution in [3.63, 3.8) is 0 Å². The maximum absolute atomic E-state index is 6.17. The molecule has 2 aliphatic rings. The van der Waals surface area contributed by atoms with E-state index in [2.05, 4.69) is 34.0 Å². The van der Waals surface area contributed by atoms with Crippen molar-refractivity contribution in [2.75, 3.05) is 23.1 Å². The van der Waals surface area contributed by atoms with E-state index >= 15 is 0 Å². The van der Waals surface area contributed by atoms with E-state index in [0.717, 1.165) is 17.1 Å². The lowest BCUT2D eigenvalue weighted by Gasteiger charge is -2.35. The van der Waals surface area contributed by atoms with E-state index in [4.69, 9.17) is 20.4 Å². The highest BCUT2D eigenvalue weighted by molar-refractivity contribution is 5.57. The van der Waals surface area contributed by atoms with Gasteiger partial charge in [-0.15, -0.1) is 0 Å². The molecule has 1 aromatic carbocycles. The fourth-order valence-electron chi connectivity index (χ4n) is 4.55. The van der Waals surface area contributed by atoms with Crippen molar-refractivity contribution in [3.8, 4) is 17.3 Å². The fraction of sp³-hybridized carbons (Fsp3) is 0.462. The SMILES string of the molecule is COc1ccc(CNc2cccc(-c3nc(N)nc(N([C@H](C)C4CC4)[C@H](C)C4CC4)n3)n2)cc1. The zero-order valence-electron chi connectivity index (χ0n) is 20.1. The van der Waals surface area contributed by atoms with E-state index in [9.17, 15) is 0 Å². The van der Waals surface area contributed by atoms with E-state index in [1.54, 1.807) is 7.11 Å². The van der Waals surface area contributed by atoms with E-state index in [1.165, 1.54) is 25.7 Å². The Morgan fingerprint density at radius 2 is 1.62 bits per heavy atom. The number of ether oxygens (including phenoxy) is 1. The number of methoxy groups -OCH3 is 1. The Balaban J connectivity index is 1.38. The van der Waals surface area contributed by atoms with Crippen LogP contribution in [-0.2, 0) is 6.54 Å². The normalized spacial score (nSPS) is 17.1. The van der Waals surface area contributed by atoms with Crippen molar-refractivity contribution < 1.29 is 4.74 Å². The monoisotopic (exact) mass is 459 g/mol. The van der Waals surface area contributed by atoms with Gasteiger partial charge in [-0.2, -0.15) is 15.0 Å². The van der Waals surface area contributed by atoms with Crippen LogP contribution in [0.2, 0.25) is 0 Å². The van der Waals surface area contributed by atoms with Crippen LogP contribution >= 0.6 is 0 Å². The third-order valence-corrected chi connectivity index (χ3v) is 6.97. The third kappa shape index (κ3) is 5.05. The summed E-state index contributed by atoms with van der Waals surface area (Å²) in [5, 5.41) is 3.38. The van der Waals surface area contributed by atoms with E-state index in [-0.39, 0.29) is 5.95 Å². The molecule has 3 aromatic rings. The molecule has 34 heavy (non-hydrogen) atoms. The van der Waals surface area contributed by atoms with Crippen molar-refractivity contribution in [3.05, 3.63) is 48.0 Å². The van der Waals surface area contributed by atoms with Crippen LogP contribution in [0.1, 0.15) is 45.1 Å². The molecule has 178 valence electrons. The number of hydrogen-bond acceptors (Lipinski definition) is 8. The molecule has 2 heterocycles. The van der Waals surface area contributed by atoms with Gasteiger partial charge in [0.15, 0.2) is 5.82 Å². The molecule has 2 saturated carbocycles. The van der Waals surface area contributed by atoms with Gasteiger partial charge in [-0.1, -0.05) is 18.2 Å². The van der Waals surface area contributed by atoms with Crippen LogP contribution in [0.25, 0.3) is 11.5 Å². The lowest BCUT2D eigenvalue weighted by atomic mass is 10.1. The second-order valence-electron chi connectivity index (χ2n) is 9.49. The summed E-state index contributed by atoms with van der Waals surface area (Å²) in [6, 6.07) is 14.5. The molecule has 0 spiro atoms. The molecule has 2 aromatic heterocycles. The molecule has 3 N–H and O–H groups in total. The fourth-order valence-corrected chi connectivity index (χ4v) is 4.55. The highest BCUT2D eigenvalue weighted by atomic mass is 16.5. The molecule has 2 aliphatic carbocycles. The molecule has 8 heteroatoms. The first-order chi connectivity index (χ1) is 16.5. The van der Waals surface area contributed by atoms with Crippen molar-refractivity contribution in [1.29, 1.82) is 0 Å². The number of nitrogen functional groups attached to an aromatic ring is 1. The molecule has 0 bridgehead atoms. The van der Waals surface area contributed by atoms with Gasteiger partial charge in [-0.25, -0.2) is 4.98 Å². The summed E-state index contributed by atoms with van der Waals surface area (Å²) in [5.41, 5.74) is 7.98. The number of nitrogens with zero attached hydrogens (tertiary/aromatic N) is 5. The maximum atomic E-state index is 6.17. The second kappa shape index (κ2) is 9.44. The molecule has 2 fully saturated rings. The van der Waals surface area contributed by atoms with Crippen molar-refractivity contribution in [2.24, 2.45) is 11.8 Å². The van der Waals surface area contributed by atoms with E-state index in [0.29, 0.717) is 47.9 Å². The lowest BCUT2D eigenvalue weighted by Crippen LogP contribution is -2.44. The van der Waals surface area contributed by atoms with Crippen LogP contribution in [0.4, 0.5) is 17.7 Å². The number of benzene rings is 1. The zero-order valence-corrected chi connectivity index (χ0v) is 20.1. The van der Waals surface area contributed by atoms with Crippen molar-refractivity contribution in [1.82, 2.24) is 19.9 Å². The molecule has 0 radical (unpaired) electrons. The number of nitrogens with one attached hydrogen (secondary N) is 1. The second-order valence-corrected chi connectivity index (χ2v) is 9.49. The van der Waals surface area contributed by atoms with Gasteiger partial charge in [0, 0.05) is 18.6 Å². The Labute approximate surface area is 201 Å². The highest BCUT2D eigenvalue weighted by Crippen LogP contribution is 2.42. The Morgan fingerprint density at radius 3 is 2.24 bits per heavy atom. The van der Waals surface area contributed by atoms with Gasteiger partial charge in [0.1, 0.15) is 17.3 Å². The van der Waals surface area contributed by atoms with Gasteiger partial charge in [0.25, 0.3) is 0 Å². The summed E-state index contributed by atoms with van der Waals surface area (Å²) in [5.74, 6) is 4.40. The van der Waals surface area contributed by atoms with Crippen LogP contribution < -0.4 is 20.7 Å². The first-order valence-electron chi connectivity index (χ1n) is 12.2. The molecule has 5 rings (SSSR count). The summed E-state index contributed by atoms with van der Waals surface area (Å²) >= 11 is 0. The minimum atomic E-state index is 0.231. The summed E-state index contributed by atoms with van der Waals surface area (Å²) in [7, 11) is 1.67. The quantitative estimate of drug-likeness (QED) is 0.456. The Hall–Kier alpha value is -3.42. The number of rotatable bonds is 10. The highest BCUT2D eigenvalue weighted by Gasteiger charge is 2.40. The zero-order chi connectivity index (χ0) is 23.7. The molecule has 0 saturated heterocycles. The number of pyridine rings is 1. The summed E-state index contributed by atoms with van der Waals surface area (Å²) in [6.07, 6.45) is 5.08. The standard InChI is InChI=1S/C26H33N7O/c1-16(19-9-10-19)33(17(2)20-11-12-20)26-31-24(30-25(27)32-26)22-5-4-6-23(29-22)28-15-18-7-13-21(34-3)14-8-18/h4-8,13-14,16-17,19-20H,9-12,15H2,1-3H3,(H,28,29)(H2,27,30,31,32)/t16-,17-/m1/s1. The van der Waals surface area contributed by atoms with Gasteiger partial charge >= 0.3 is 0 Å². The molecular weight excluding hydrogens is 426 g/mol. The van der Waals surface area contributed by atoms with Gasteiger partial charge in [-0.05, 0) is 81.2 Å². The topological polar surface area (TPSA) is 102 Å². The molecular formula is C26H33N7O. The summed E-state index contributed by atoms with van der Waals surface area (Å²) < 4.78 is 5.23. The van der Waals surface area contributed by atoms with Gasteiger partial charge in [-0.3, -0.25) is 0 Å². The Kier molecular flexibility index (Phi) is 6.22. The number of nitrogens with two attached hydrogens (primary N) is 1. The molecule has 0 amide bonds. The average Bonchev–Trinajstić information content (AvgIpc) is 3.76. The van der Waals surface area contributed by atoms with Crippen molar-refractivity contribution in [2.45, 2.75) is 58.2 Å². The van der Waals surface area contributed by atoms with Gasteiger partial charge < -0.3 is 20.7 Å². The minimum absolute atomic E-state index is 0.231. The predicted octanol–water partition coefficient (Wildman–Crippen LogP) is 4.54. The van der Waals surface area contributed by atoms with Crippen LogP contribution in [-0.4, -0.2) is 39.1 Å². The summed E-state index contributed by atoms with van der Waals surface area (Å²) in [4.78, 5) is 21.0. The van der Waals surface area contributed by atoms with Crippen LogP contribution in [0, 0.1) is 11.8 Å². The van der Waals surface area contributed by atoms with E-state index < -0.39 is 0 Å². The molecule has 0 unspecified atom stereocenters. The lowest BCUT2D eigenvalue weighted by molar-refractivity contribution is 0.414. The summed E-state index contributed by atoms with van der Waals surface area (Å²) in [6.45, 7) is 5.23. The minimum Gasteiger partial charge on any atom is -0.497 e. The maximum Gasteiger partial charge on any atom is 0.231 e. The first kappa shape index (κ1) is 22.4. The van der Waals surface area contributed by atoms with E-state index in [1.807, 2.05) is 42.5 Å². The molecule has 8 nitrogen and oxygen atoms in total. The number of aromatic nitrogens is 4. The van der Waals surface area contributed by atoms with Gasteiger partial charge in [0.2, 0.25) is 11.9 Å². The Morgan fingerprint density at radius 1 is 0.941 bits per heavy atom. The average molecular weight is 460 g/mol. The molecule has 0 aliphatic heterocycles. The van der Waals surface area contributed by atoms with Crippen LogP contribution in [0.5, 0.6) is 5.75 Å². The van der Waals surface area contributed by atoms with Crippen LogP contribution in [0.15, 0.2) is 42.5 Å². The third-order valence-electron chi connectivity index (χ3n) is 6.97. The number of anilines is 3. The smallest absolute Gasteiger partial charge is 0.231 e. The van der Waals surface area contributed by atoms with Crippen LogP contribution in [0.3, 0.4) is 0 Å². The van der Waals surface area contributed by atoms with Crippen molar-refractivity contribution >= 4 is 17.7 Å². The predicted molar refractivity (Wildman–Crippen MR) is 135 cm³/mol. The Bertz CT molecular complexity index is 1110. The number of hydrogen-bond donors (Lipinski definition) is 2. The first-order valence-corrected chi connectivity index (χ1v) is 12.2. The largest absolute Gasteiger partial charge is 0.497 e. The van der Waals surface area contributed by atoms with Gasteiger partial charge in [0.05, 0.1) is 7.11 Å².